The predicted molar refractivity (Wildman–Crippen MR) is 97.0 cm³/mol. The number of anilines is 1. The van der Waals surface area contributed by atoms with Gasteiger partial charge in [-0.15, -0.1) is 0 Å². The van der Waals surface area contributed by atoms with E-state index in [1.807, 2.05) is 0 Å². The van der Waals surface area contributed by atoms with Crippen LogP contribution < -0.4 is 11.1 Å². The summed E-state index contributed by atoms with van der Waals surface area (Å²) >= 11 is 1.23. The highest BCUT2D eigenvalue weighted by Gasteiger charge is 2.20. The van der Waals surface area contributed by atoms with Gasteiger partial charge in [-0.05, 0) is 31.2 Å². The molecule has 0 spiro atoms. The van der Waals surface area contributed by atoms with Gasteiger partial charge in [0.15, 0.2) is 0 Å². The van der Waals surface area contributed by atoms with Gasteiger partial charge in [0.1, 0.15) is 5.03 Å². The van der Waals surface area contributed by atoms with Crippen LogP contribution in [-0.4, -0.2) is 34.5 Å². The maximum absolute atomic E-state index is 12.3. The van der Waals surface area contributed by atoms with Crippen LogP contribution in [0.1, 0.15) is 22.5 Å². The van der Waals surface area contributed by atoms with Crippen LogP contribution >= 0.6 is 11.8 Å². The first-order valence-corrected chi connectivity index (χ1v) is 8.79. The van der Waals surface area contributed by atoms with Gasteiger partial charge in [0.2, 0.25) is 5.88 Å². The standard InChI is InChI=1S/C17H21N5O2S/c1-10-6-15(24-21-10)20-16(23)11(2)25-17-12(8-18)7-13-9-22(3)5-4-14(13)19-17/h6-7H,2,4-5,8-9,18H2,1,3H3,(H,20,23). The zero-order valence-corrected chi connectivity index (χ0v) is 15.2. The van der Waals surface area contributed by atoms with Crippen molar-refractivity contribution < 1.29 is 9.32 Å². The Labute approximate surface area is 150 Å². The van der Waals surface area contributed by atoms with Crippen LogP contribution in [0.15, 0.2) is 33.2 Å². The second kappa shape index (κ2) is 7.38. The fourth-order valence-corrected chi connectivity index (χ4v) is 3.45. The number of nitrogens with one attached hydrogen (secondary N) is 1. The highest BCUT2D eigenvalue weighted by molar-refractivity contribution is 8.04. The second-order valence-electron chi connectivity index (χ2n) is 6.06. The number of rotatable bonds is 5. The summed E-state index contributed by atoms with van der Waals surface area (Å²) in [5.74, 6) is -0.0480. The molecule has 0 aliphatic carbocycles. The maximum Gasteiger partial charge on any atom is 0.264 e. The summed E-state index contributed by atoms with van der Waals surface area (Å²) < 4.78 is 4.99. The third-order valence-electron chi connectivity index (χ3n) is 3.96. The molecule has 0 bridgehead atoms. The first-order valence-electron chi connectivity index (χ1n) is 7.98. The number of aromatic nitrogens is 2. The van der Waals surface area contributed by atoms with E-state index in [1.165, 1.54) is 17.3 Å². The van der Waals surface area contributed by atoms with Crippen molar-refractivity contribution in [2.45, 2.75) is 31.5 Å². The molecule has 25 heavy (non-hydrogen) atoms. The summed E-state index contributed by atoms with van der Waals surface area (Å²) in [5.41, 5.74) is 9.76. The largest absolute Gasteiger partial charge is 0.338 e. The molecule has 2 aromatic rings. The van der Waals surface area contributed by atoms with E-state index in [1.54, 1.807) is 13.0 Å². The normalized spacial score (nSPS) is 14.2. The molecule has 0 saturated heterocycles. The fraction of sp³-hybridized carbons (Fsp3) is 0.353. The first-order chi connectivity index (χ1) is 12.0. The monoisotopic (exact) mass is 359 g/mol. The Morgan fingerprint density at radius 2 is 2.32 bits per heavy atom. The molecule has 3 rings (SSSR count). The van der Waals surface area contributed by atoms with Crippen molar-refractivity contribution >= 4 is 23.6 Å². The van der Waals surface area contributed by atoms with E-state index in [0.29, 0.717) is 23.0 Å². The van der Waals surface area contributed by atoms with E-state index in [4.69, 9.17) is 15.2 Å². The number of nitrogens with two attached hydrogens (primary N) is 1. The lowest BCUT2D eigenvalue weighted by Crippen LogP contribution is -2.27. The van der Waals surface area contributed by atoms with Crippen LogP contribution in [0, 0.1) is 6.92 Å². The second-order valence-corrected chi connectivity index (χ2v) is 7.15. The molecule has 3 N–H and O–H groups in total. The summed E-state index contributed by atoms with van der Waals surface area (Å²) in [6.45, 7) is 7.84. The lowest BCUT2D eigenvalue weighted by Gasteiger charge is -2.25. The molecule has 0 saturated carbocycles. The van der Waals surface area contributed by atoms with Crippen molar-refractivity contribution in [2.24, 2.45) is 5.73 Å². The molecule has 132 valence electrons. The van der Waals surface area contributed by atoms with Crippen LogP contribution in [0.3, 0.4) is 0 Å². The molecule has 1 aliphatic heterocycles. The molecule has 7 nitrogen and oxygen atoms in total. The Morgan fingerprint density at radius 3 is 3.00 bits per heavy atom. The van der Waals surface area contributed by atoms with Crippen molar-refractivity contribution in [3.05, 3.63) is 46.1 Å². The number of pyridine rings is 1. The molecule has 0 radical (unpaired) electrons. The van der Waals surface area contributed by atoms with Gasteiger partial charge >= 0.3 is 0 Å². The zero-order chi connectivity index (χ0) is 18.0. The number of nitrogens with zero attached hydrogens (tertiary/aromatic N) is 3. The summed E-state index contributed by atoms with van der Waals surface area (Å²) in [5, 5.41) is 7.11. The quantitative estimate of drug-likeness (QED) is 0.623. The maximum atomic E-state index is 12.3. The summed E-state index contributed by atoms with van der Waals surface area (Å²) in [6, 6.07) is 3.74. The van der Waals surface area contributed by atoms with Gasteiger partial charge in [0, 0.05) is 37.8 Å². The average molecular weight is 359 g/mol. The molecule has 0 fully saturated rings. The van der Waals surface area contributed by atoms with Gasteiger partial charge in [-0.25, -0.2) is 4.98 Å². The molecule has 0 aromatic carbocycles. The molecule has 8 heteroatoms. The number of carbonyl (C=O) groups is 1. The van der Waals surface area contributed by atoms with Gasteiger partial charge in [-0.2, -0.15) is 0 Å². The Bertz CT molecular complexity index is 817. The van der Waals surface area contributed by atoms with Crippen LogP contribution in [-0.2, 0) is 24.3 Å². The number of hydrogen-bond acceptors (Lipinski definition) is 7. The molecular formula is C17H21N5O2S. The zero-order valence-electron chi connectivity index (χ0n) is 14.3. The smallest absolute Gasteiger partial charge is 0.264 e. The van der Waals surface area contributed by atoms with E-state index in [0.717, 1.165) is 35.8 Å². The van der Waals surface area contributed by atoms with Crippen molar-refractivity contribution in [2.75, 3.05) is 18.9 Å². The average Bonchev–Trinajstić information content (AvgIpc) is 2.99. The minimum atomic E-state index is -0.344. The van der Waals surface area contributed by atoms with E-state index < -0.39 is 0 Å². The van der Waals surface area contributed by atoms with Crippen LogP contribution in [0.2, 0.25) is 0 Å². The number of amides is 1. The topological polar surface area (TPSA) is 97.3 Å². The minimum Gasteiger partial charge on any atom is -0.338 e. The van der Waals surface area contributed by atoms with Crippen LogP contribution in [0.4, 0.5) is 5.88 Å². The Morgan fingerprint density at radius 1 is 1.52 bits per heavy atom. The van der Waals surface area contributed by atoms with E-state index in [2.05, 4.69) is 35.1 Å². The van der Waals surface area contributed by atoms with Crippen LogP contribution in [0.5, 0.6) is 0 Å². The molecular weight excluding hydrogens is 338 g/mol. The number of aryl methyl sites for hydroxylation is 1. The summed E-state index contributed by atoms with van der Waals surface area (Å²) in [7, 11) is 2.09. The number of carbonyl (C=O) groups excluding carboxylic acids is 1. The Kier molecular flexibility index (Phi) is 5.22. The number of thioether (sulfide) groups is 1. The number of fused-ring (bicyclic) bond motifs is 1. The lowest BCUT2D eigenvalue weighted by atomic mass is 10.0. The lowest BCUT2D eigenvalue weighted by molar-refractivity contribution is -0.112. The first kappa shape index (κ1) is 17.7. The number of hydrogen-bond donors (Lipinski definition) is 2. The third-order valence-corrected chi connectivity index (χ3v) is 4.94. The highest BCUT2D eigenvalue weighted by Crippen LogP contribution is 2.30. The SMILES string of the molecule is C=C(Sc1nc2c(cc1CN)CN(C)CC2)C(=O)Nc1cc(C)no1. The molecule has 3 heterocycles. The number of likely N-dealkylation sites (N-methyl/N-ethyl adjacent to an activating group) is 1. The fourth-order valence-electron chi connectivity index (χ4n) is 2.64. The molecule has 1 amide bonds. The van der Waals surface area contributed by atoms with Crippen LogP contribution in [0.25, 0.3) is 0 Å². The summed E-state index contributed by atoms with van der Waals surface area (Å²) in [6.07, 6.45) is 0.889. The van der Waals surface area contributed by atoms with E-state index in [9.17, 15) is 4.79 Å². The Hall–Kier alpha value is -2.16. The van der Waals surface area contributed by atoms with Crippen molar-refractivity contribution in [1.82, 2.24) is 15.0 Å². The van der Waals surface area contributed by atoms with Gasteiger partial charge in [-0.3, -0.25) is 10.1 Å². The van der Waals surface area contributed by atoms with Gasteiger partial charge in [0.05, 0.1) is 10.6 Å². The predicted octanol–water partition coefficient (Wildman–Crippen LogP) is 2.07. The van der Waals surface area contributed by atoms with Gasteiger partial charge < -0.3 is 15.2 Å². The molecule has 0 unspecified atom stereocenters. The summed E-state index contributed by atoms with van der Waals surface area (Å²) in [4.78, 5) is 19.6. The van der Waals surface area contributed by atoms with Crippen molar-refractivity contribution in [3.8, 4) is 0 Å². The van der Waals surface area contributed by atoms with Gasteiger partial charge in [0.25, 0.3) is 5.91 Å². The molecule has 1 aliphatic rings. The van der Waals surface area contributed by atoms with Crippen molar-refractivity contribution in [3.63, 3.8) is 0 Å². The van der Waals surface area contributed by atoms with Gasteiger partial charge in [-0.1, -0.05) is 23.5 Å². The molecule has 0 atom stereocenters. The van der Waals surface area contributed by atoms with E-state index in [-0.39, 0.29) is 5.91 Å². The highest BCUT2D eigenvalue weighted by atomic mass is 32.2. The molecule has 2 aromatic heterocycles. The third kappa shape index (κ3) is 4.09. The minimum absolute atomic E-state index is 0.296. The van der Waals surface area contributed by atoms with Crippen molar-refractivity contribution in [1.29, 1.82) is 0 Å². The Balaban J connectivity index is 1.75. The van der Waals surface area contributed by atoms with E-state index >= 15 is 0 Å².